The highest BCUT2D eigenvalue weighted by molar-refractivity contribution is 9.10. The van der Waals surface area contributed by atoms with Crippen LogP contribution < -0.4 is 11.3 Å². The van der Waals surface area contributed by atoms with Crippen molar-refractivity contribution in [1.82, 2.24) is 29.3 Å². The van der Waals surface area contributed by atoms with E-state index in [1.807, 2.05) is 72.2 Å². The Balaban J connectivity index is 0.000000302. The highest BCUT2D eigenvalue weighted by Gasteiger charge is 2.26. The second-order valence-electron chi connectivity index (χ2n) is 10.2. The summed E-state index contributed by atoms with van der Waals surface area (Å²) in [7, 11) is 0. The molecule has 0 radical (unpaired) electrons. The van der Waals surface area contributed by atoms with Gasteiger partial charge < -0.3 is 10.6 Å². The van der Waals surface area contributed by atoms with Crippen molar-refractivity contribution >= 4 is 56.3 Å². The zero-order valence-corrected chi connectivity index (χ0v) is 25.1. The van der Waals surface area contributed by atoms with Crippen molar-refractivity contribution < 1.29 is 4.79 Å². The molecule has 11 heteroatoms. The fraction of sp³-hybridized carbons (Fsp3) is 0.161. The van der Waals surface area contributed by atoms with Gasteiger partial charge in [0.2, 0.25) is 6.41 Å². The Bertz CT molecular complexity index is 2000. The van der Waals surface area contributed by atoms with Gasteiger partial charge in [-0.1, -0.05) is 48.0 Å². The van der Waals surface area contributed by atoms with Gasteiger partial charge in [0.05, 0.1) is 34.7 Å². The maximum atomic E-state index is 13.8. The predicted octanol–water partition coefficient (Wildman–Crippen LogP) is 5.46. The van der Waals surface area contributed by atoms with Crippen LogP contribution >= 0.6 is 27.5 Å². The van der Waals surface area contributed by atoms with E-state index in [4.69, 9.17) is 17.3 Å². The zero-order valence-electron chi connectivity index (χ0n) is 22.7. The molecule has 0 bridgehead atoms. The van der Waals surface area contributed by atoms with Crippen LogP contribution in [0.4, 0.5) is 5.82 Å². The van der Waals surface area contributed by atoms with Crippen LogP contribution in [0.25, 0.3) is 22.2 Å². The molecule has 0 unspecified atom stereocenters. The highest BCUT2D eigenvalue weighted by atomic mass is 79.9. The Morgan fingerprint density at radius 1 is 1.12 bits per heavy atom. The minimum atomic E-state index is -0.0929. The molecule has 42 heavy (non-hydrogen) atoms. The number of nitrogens with one attached hydrogen (secondary N) is 1. The summed E-state index contributed by atoms with van der Waals surface area (Å²) in [4.78, 5) is 26.9. The van der Waals surface area contributed by atoms with Gasteiger partial charge in [-0.15, -0.1) is 0 Å². The number of anilines is 1. The number of aromatic nitrogens is 5. The first-order chi connectivity index (χ1) is 20.3. The summed E-state index contributed by atoms with van der Waals surface area (Å²) in [6.07, 6.45) is 3.74. The van der Waals surface area contributed by atoms with Crippen LogP contribution in [0.1, 0.15) is 27.9 Å². The maximum Gasteiger partial charge on any atom is 0.261 e. The third-order valence-electron chi connectivity index (χ3n) is 7.39. The largest absolute Gasteiger partial charge is 0.382 e. The van der Waals surface area contributed by atoms with Gasteiger partial charge in [0.1, 0.15) is 5.65 Å². The molecule has 0 fully saturated rings. The number of halogens is 2. The molecule has 0 atom stereocenters. The summed E-state index contributed by atoms with van der Waals surface area (Å²) >= 11 is 9.06. The van der Waals surface area contributed by atoms with E-state index in [2.05, 4.69) is 43.4 Å². The molecule has 4 heterocycles. The molecule has 3 aromatic heterocycles. The normalized spacial score (nSPS) is 12.7. The zero-order chi connectivity index (χ0) is 29.4. The molecule has 1 amide bonds. The molecular formula is C31H27BrClN7O2. The van der Waals surface area contributed by atoms with Gasteiger partial charge in [0, 0.05) is 34.0 Å². The van der Waals surface area contributed by atoms with Crippen LogP contribution in [-0.4, -0.2) is 42.2 Å². The van der Waals surface area contributed by atoms with Crippen molar-refractivity contribution in [3.8, 4) is 5.69 Å². The number of fused-ring (bicyclic) bond motifs is 4. The first-order valence-corrected chi connectivity index (χ1v) is 14.5. The van der Waals surface area contributed by atoms with Crippen LogP contribution in [0.2, 0.25) is 5.02 Å². The maximum absolute atomic E-state index is 13.8. The van der Waals surface area contributed by atoms with Gasteiger partial charge in [-0.3, -0.25) is 19.3 Å². The smallest absolute Gasteiger partial charge is 0.261 e. The van der Waals surface area contributed by atoms with E-state index in [9.17, 15) is 9.59 Å². The lowest BCUT2D eigenvalue weighted by atomic mass is 10.0. The number of carbonyl (C=O) groups is 1. The standard InChI is InChI=1S/C24H21N7O2.C7H6BrCl/c25-22-18-7-6-17(11-20(18)27-28-22)30-23-16(10-15-4-2-1-3-5-15)12-26-31(23)21-13-29(14-32)9-8-19(21)24(30)33;1-5-2-3-6(8)7(9)4-5/h1-7,11-12,14H,8-10,13H2,(H3,25,27,28);2-4H,1H3. The average molecular weight is 645 g/mol. The second-order valence-corrected chi connectivity index (χ2v) is 11.5. The molecule has 9 nitrogen and oxygen atoms in total. The van der Waals surface area contributed by atoms with E-state index in [-0.39, 0.29) is 5.56 Å². The second kappa shape index (κ2) is 11.5. The molecule has 1 aliphatic rings. The molecule has 212 valence electrons. The van der Waals surface area contributed by atoms with E-state index in [0.29, 0.717) is 48.6 Å². The number of nitrogens with two attached hydrogens (primary N) is 1. The lowest BCUT2D eigenvalue weighted by Gasteiger charge is -2.26. The van der Waals surface area contributed by atoms with Crippen molar-refractivity contribution in [3.63, 3.8) is 0 Å². The summed E-state index contributed by atoms with van der Waals surface area (Å²) in [5.74, 6) is 0.419. The van der Waals surface area contributed by atoms with Crippen LogP contribution in [0.3, 0.4) is 0 Å². The topological polar surface area (TPSA) is 114 Å². The lowest BCUT2D eigenvalue weighted by Crippen LogP contribution is -2.37. The molecule has 0 spiro atoms. The van der Waals surface area contributed by atoms with Crippen molar-refractivity contribution in [2.45, 2.75) is 26.3 Å². The number of H-pyrrole nitrogens is 1. The number of aryl methyl sites for hydroxylation is 1. The summed E-state index contributed by atoms with van der Waals surface area (Å²) < 4.78 is 4.49. The molecule has 0 aliphatic carbocycles. The third kappa shape index (κ3) is 5.19. The monoisotopic (exact) mass is 643 g/mol. The van der Waals surface area contributed by atoms with E-state index >= 15 is 0 Å². The molecule has 3 N–H and O–H groups in total. The lowest BCUT2D eigenvalue weighted by molar-refractivity contribution is -0.119. The third-order valence-corrected chi connectivity index (χ3v) is 8.62. The number of amides is 1. The van der Waals surface area contributed by atoms with Crippen LogP contribution in [-0.2, 0) is 24.2 Å². The van der Waals surface area contributed by atoms with Crippen molar-refractivity contribution in [2.75, 3.05) is 12.3 Å². The van der Waals surface area contributed by atoms with Crippen LogP contribution in [0.15, 0.2) is 82.2 Å². The number of hydrogen-bond acceptors (Lipinski definition) is 5. The molecule has 3 aromatic carbocycles. The number of aromatic amines is 1. The molecule has 7 rings (SSSR count). The van der Waals surface area contributed by atoms with Gasteiger partial charge in [-0.2, -0.15) is 10.2 Å². The van der Waals surface area contributed by atoms with Gasteiger partial charge in [0.15, 0.2) is 5.82 Å². The van der Waals surface area contributed by atoms with E-state index in [1.165, 1.54) is 5.56 Å². The molecule has 1 aliphatic heterocycles. The van der Waals surface area contributed by atoms with Gasteiger partial charge >= 0.3 is 0 Å². The SMILES string of the molecule is Cc1ccc(Br)c(Cl)c1.Nc1n[nH]c2cc(-n3c(=O)c4c(n5ncc(Cc6ccccc6)c35)CN(C=O)CC4)ccc12. The van der Waals surface area contributed by atoms with Crippen LogP contribution in [0.5, 0.6) is 0 Å². The Hall–Kier alpha value is -4.41. The predicted molar refractivity (Wildman–Crippen MR) is 168 cm³/mol. The summed E-state index contributed by atoms with van der Waals surface area (Å²) in [5.41, 5.74) is 12.7. The van der Waals surface area contributed by atoms with E-state index in [1.54, 1.807) is 9.47 Å². The fourth-order valence-corrected chi connectivity index (χ4v) is 5.76. The Morgan fingerprint density at radius 2 is 1.93 bits per heavy atom. The van der Waals surface area contributed by atoms with Gasteiger partial charge in [-0.25, -0.2) is 4.52 Å². The Morgan fingerprint density at radius 3 is 2.67 bits per heavy atom. The first-order valence-electron chi connectivity index (χ1n) is 13.4. The molecule has 6 aromatic rings. The highest BCUT2D eigenvalue weighted by Crippen LogP contribution is 2.26. The van der Waals surface area contributed by atoms with Gasteiger partial charge in [0.25, 0.3) is 5.56 Å². The quantitative estimate of drug-likeness (QED) is 0.248. The van der Waals surface area contributed by atoms with Crippen molar-refractivity contribution in [2.24, 2.45) is 0 Å². The molecule has 0 saturated carbocycles. The van der Waals surface area contributed by atoms with Crippen LogP contribution in [0, 0.1) is 6.92 Å². The fourth-order valence-electron chi connectivity index (χ4n) is 5.27. The first kappa shape index (κ1) is 27.7. The number of nitrogen functional groups attached to an aromatic ring is 1. The average Bonchev–Trinajstić information content (AvgIpc) is 3.59. The van der Waals surface area contributed by atoms with Gasteiger partial charge in [-0.05, 0) is 70.7 Å². The minimum absolute atomic E-state index is 0.0929. The van der Waals surface area contributed by atoms with E-state index in [0.717, 1.165) is 43.6 Å². The Labute approximate surface area is 254 Å². The minimum Gasteiger partial charge on any atom is -0.382 e. The number of hydrogen-bond donors (Lipinski definition) is 2. The summed E-state index contributed by atoms with van der Waals surface area (Å²) in [6, 6.07) is 21.6. The van der Waals surface area contributed by atoms with E-state index < -0.39 is 0 Å². The number of rotatable bonds is 4. The summed E-state index contributed by atoms with van der Waals surface area (Å²) in [6.45, 7) is 2.87. The number of nitrogens with zero attached hydrogens (tertiary/aromatic N) is 5. The molecular weight excluding hydrogens is 618 g/mol. The molecule has 0 saturated heterocycles. The van der Waals surface area contributed by atoms with Crippen molar-refractivity contribution in [3.05, 3.63) is 121 Å². The Kier molecular flexibility index (Phi) is 7.57. The number of benzene rings is 3. The van der Waals surface area contributed by atoms with Crippen molar-refractivity contribution in [1.29, 1.82) is 0 Å². The summed E-state index contributed by atoms with van der Waals surface area (Å²) in [5, 5.41) is 13.3. The number of carbonyl (C=O) groups excluding carboxylic acids is 1.